The molecule has 0 radical (unpaired) electrons. The first-order valence-electron chi connectivity index (χ1n) is 10.2. The van der Waals surface area contributed by atoms with E-state index >= 15 is 0 Å². The van der Waals surface area contributed by atoms with E-state index in [0.29, 0.717) is 18.6 Å². The molecule has 2 aromatic rings. The normalized spacial score (nSPS) is 22.3. The van der Waals surface area contributed by atoms with Crippen LogP contribution in [0.25, 0.3) is 0 Å². The highest BCUT2D eigenvalue weighted by Crippen LogP contribution is 2.34. The lowest BCUT2D eigenvalue weighted by molar-refractivity contribution is -0.151. The largest absolute Gasteiger partial charge is 0.466 e. The number of carbonyl (C=O) groups is 1. The molecular weight excluding hydrogens is 334 g/mol. The zero-order chi connectivity index (χ0) is 18.9. The summed E-state index contributed by atoms with van der Waals surface area (Å²) < 4.78 is 5.37. The summed E-state index contributed by atoms with van der Waals surface area (Å²) >= 11 is 0. The summed E-state index contributed by atoms with van der Waals surface area (Å²) in [5.74, 6) is 0.423. The third-order valence-electron chi connectivity index (χ3n) is 5.66. The van der Waals surface area contributed by atoms with Gasteiger partial charge in [0.2, 0.25) is 0 Å². The van der Waals surface area contributed by atoms with Gasteiger partial charge < -0.3 is 10.1 Å². The third kappa shape index (κ3) is 5.93. The highest BCUT2D eigenvalue weighted by molar-refractivity contribution is 5.73. The van der Waals surface area contributed by atoms with Crippen LogP contribution in [0.15, 0.2) is 60.7 Å². The quantitative estimate of drug-likeness (QED) is 0.686. The van der Waals surface area contributed by atoms with Crippen LogP contribution < -0.4 is 5.32 Å². The Bertz CT molecular complexity index is 686. The van der Waals surface area contributed by atoms with Crippen molar-refractivity contribution < 1.29 is 9.53 Å². The molecule has 0 aliphatic heterocycles. The number of aryl methyl sites for hydroxylation is 1. The van der Waals surface area contributed by atoms with Gasteiger partial charge in [0.1, 0.15) is 0 Å². The van der Waals surface area contributed by atoms with Crippen LogP contribution in [0.3, 0.4) is 0 Å². The van der Waals surface area contributed by atoms with Gasteiger partial charge >= 0.3 is 5.97 Å². The molecule has 1 saturated carbocycles. The van der Waals surface area contributed by atoms with Crippen LogP contribution in [0, 0.1) is 11.8 Å². The second-order valence-electron chi connectivity index (χ2n) is 7.52. The molecule has 3 heteroatoms. The average Bonchev–Trinajstić information content (AvgIpc) is 2.72. The minimum absolute atomic E-state index is 0.00271. The molecular formula is C24H31NO2. The fourth-order valence-electron chi connectivity index (χ4n) is 4.18. The molecule has 3 rings (SSSR count). The van der Waals surface area contributed by atoms with Gasteiger partial charge in [-0.05, 0) is 56.1 Å². The summed E-state index contributed by atoms with van der Waals surface area (Å²) in [7, 11) is 0. The first kappa shape index (κ1) is 19.6. The number of nitrogens with one attached hydrogen (secondary N) is 1. The summed E-state index contributed by atoms with van der Waals surface area (Å²) in [6, 6.07) is 21.6. The Morgan fingerprint density at radius 1 is 1.00 bits per heavy atom. The van der Waals surface area contributed by atoms with Crippen LogP contribution in [0.5, 0.6) is 0 Å². The van der Waals surface area contributed by atoms with Gasteiger partial charge in [0.15, 0.2) is 0 Å². The van der Waals surface area contributed by atoms with Crippen molar-refractivity contribution in [3.8, 4) is 0 Å². The molecule has 2 aromatic carbocycles. The number of rotatable bonds is 8. The highest BCUT2D eigenvalue weighted by Gasteiger charge is 2.35. The first-order chi connectivity index (χ1) is 13.3. The monoisotopic (exact) mass is 365 g/mol. The molecule has 0 unspecified atom stereocenters. The Balaban J connectivity index is 1.59. The van der Waals surface area contributed by atoms with E-state index in [9.17, 15) is 4.79 Å². The minimum Gasteiger partial charge on any atom is -0.466 e. The maximum atomic E-state index is 12.5. The average molecular weight is 366 g/mol. The Morgan fingerprint density at radius 2 is 1.67 bits per heavy atom. The van der Waals surface area contributed by atoms with Gasteiger partial charge in [-0.15, -0.1) is 0 Å². The second kappa shape index (κ2) is 10.3. The van der Waals surface area contributed by atoms with E-state index in [-0.39, 0.29) is 11.9 Å². The van der Waals surface area contributed by atoms with E-state index < -0.39 is 0 Å². The Hall–Kier alpha value is -2.13. The molecule has 0 saturated heterocycles. The molecule has 144 valence electrons. The lowest BCUT2D eigenvalue weighted by Gasteiger charge is -2.35. The maximum Gasteiger partial charge on any atom is 0.309 e. The second-order valence-corrected chi connectivity index (χ2v) is 7.52. The maximum absolute atomic E-state index is 12.5. The van der Waals surface area contributed by atoms with Gasteiger partial charge in [-0.1, -0.05) is 60.7 Å². The standard InChI is InChI=1S/C24H31NO2/c1-2-27-24(26)23-16-15-22(25-18-20-11-7-4-8-12-20)17-21(23)14-13-19-9-5-3-6-10-19/h3-12,21-23,25H,2,13-18H2,1H3/t21-,22+,23-/m0/s1. The van der Waals surface area contributed by atoms with Crippen molar-refractivity contribution in [2.45, 2.75) is 51.6 Å². The molecule has 1 fully saturated rings. The Labute approximate surface area is 163 Å². The van der Waals surface area contributed by atoms with Crippen LogP contribution in [0.4, 0.5) is 0 Å². The van der Waals surface area contributed by atoms with Crippen molar-refractivity contribution in [3.63, 3.8) is 0 Å². The van der Waals surface area contributed by atoms with E-state index in [0.717, 1.165) is 38.6 Å². The Morgan fingerprint density at radius 3 is 2.33 bits per heavy atom. The molecule has 1 N–H and O–H groups in total. The van der Waals surface area contributed by atoms with Gasteiger partial charge in [-0.2, -0.15) is 0 Å². The summed E-state index contributed by atoms with van der Waals surface area (Å²) in [6.07, 6.45) is 5.07. The van der Waals surface area contributed by atoms with Crippen LogP contribution in [-0.4, -0.2) is 18.6 Å². The number of hydrogen-bond donors (Lipinski definition) is 1. The van der Waals surface area contributed by atoms with Gasteiger partial charge in [0.05, 0.1) is 12.5 Å². The molecule has 1 aliphatic carbocycles. The smallest absolute Gasteiger partial charge is 0.309 e. The summed E-state index contributed by atoms with van der Waals surface area (Å²) in [4.78, 5) is 12.5. The lowest BCUT2D eigenvalue weighted by Crippen LogP contribution is -2.40. The van der Waals surface area contributed by atoms with Crippen molar-refractivity contribution in [2.75, 3.05) is 6.61 Å². The predicted molar refractivity (Wildman–Crippen MR) is 109 cm³/mol. The molecule has 3 atom stereocenters. The van der Waals surface area contributed by atoms with Crippen LogP contribution in [0.2, 0.25) is 0 Å². The zero-order valence-electron chi connectivity index (χ0n) is 16.3. The van der Waals surface area contributed by atoms with E-state index in [2.05, 4.69) is 59.9 Å². The first-order valence-corrected chi connectivity index (χ1v) is 10.2. The van der Waals surface area contributed by atoms with Crippen LogP contribution in [-0.2, 0) is 22.5 Å². The highest BCUT2D eigenvalue weighted by atomic mass is 16.5. The number of benzene rings is 2. The van der Waals surface area contributed by atoms with E-state index in [1.54, 1.807) is 0 Å². The molecule has 0 spiro atoms. The van der Waals surface area contributed by atoms with Crippen LogP contribution in [0.1, 0.15) is 43.7 Å². The summed E-state index contributed by atoms with van der Waals surface area (Å²) in [5.41, 5.74) is 2.66. The number of carbonyl (C=O) groups excluding carboxylic acids is 1. The molecule has 3 nitrogen and oxygen atoms in total. The predicted octanol–water partition coefficient (Wildman–Crippen LogP) is 4.76. The van der Waals surface area contributed by atoms with Crippen molar-refractivity contribution >= 4 is 5.97 Å². The Kier molecular flexibility index (Phi) is 7.46. The van der Waals surface area contributed by atoms with Gasteiger partial charge in [0.25, 0.3) is 0 Å². The third-order valence-corrected chi connectivity index (χ3v) is 5.66. The van der Waals surface area contributed by atoms with Gasteiger partial charge in [-0.25, -0.2) is 0 Å². The topological polar surface area (TPSA) is 38.3 Å². The molecule has 0 aromatic heterocycles. The number of esters is 1. The molecule has 0 amide bonds. The van der Waals surface area contributed by atoms with Crippen molar-refractivity contribution in [2.24, 2.45) is 11.8 Å². The lowest BCUT2D eigenvalue weighted by atomic mass is 9.74. The van der Waals surface area contributed by atoms with Crippen molar-refractivity contribution in [1.82, 2.24) is 5.32 Å². The molecule has 1 aliphatic rings. The fourth-order valence-corrected chi connectivity index (χ4v) is 4.18. The number of hydrogen-bond acceptors (Lipinski definition) is 3. The van der Waals surface area contributed by atoms with Crippen molar-refractivity contribution in [3.05, 3.63) is 71.8 Å². The van der Waals surface area contributed by atoms with E-state index in [1.165, 1.54) is 11.1 Å². The number of ether oxygens (including phenoxy) is 1. The van der Waals surface area contributed by atoms with E-state index in [4.69, 9.17) is 4.74 Å². The van der Waals surface area contributed by atoms with Crippen molar-refractivity contribution in [1.29, 1.82) is 0 Å². The SMILES string of the molecule is CCOC(=O)[C@H]1CC[C@@H](NCc2ccccc2)C[C@@H]1CCc1ccccc1. The van der Waals surface area contributed by atoms with E-state index in [1.807, 2.05) is 13.0 Å². The molecule has 27 heavy (non-hydrogen) atoms. The molecule has 0 bridgehead atoms. The summed E-state index contributed by atoms with van der Waals surface area (Å²) in [6.45, 7) is 3.25. The fraction of sp³-hybridized carbons (Fsp3) is 0.458. The van der Waals surface area contributed by atoms with Gasteiger partial charge in [0, 0.05) is 12.6 Å². The van der Waals surface area contributed by atoms with Gasteiger partial charge in [-0.3, -0.25) is 4.79 Å². The molecule has 0 heterocycles. The minimum atomic E-state index is -0.00271. The summed E-state index contributed by atoms with van der Waals surface area (Å²) in [5, 5.41) is 3.71. The van der Waals surface area contributed by atoms with Crippen LogP contribution >= 0.6 is 0 Å². The zero-order valence-corrected chi connectivity index (χ0v) is 16.3.